The molecule has 2 rings (SSSR count). The lowest BCUT2D eigenvalue weighted by Gasteiger charge is -2.08. The van der Waals surface area contributed by atoms with Gasteiger partial charge in [-0.3, -0.25) is 0 Å². The Balaban J connectivity index is 2.12. The molecule has 0 bridgehead atoms. The molecule has 102 valence electrons. The molecule has 0 saturated heterocycles. The van der Waals surface area contributed by atoms with E-state index < -0.39 is 5.82 Å². The summed E-state index contributed by atoms with van der Waals surface area (Å²) in [7, 11) is 0. The van der Waals surface area contributed by atoms with Gasteiger partial charge in [0.2, 0.25) is 0 Å². The lowest BCUT2D eigenvalue weighted by Crippen LogP contribution is -1.98. The maximum atomic E-state index is 13.6. The van der Waals surface area contributed by atoms with E-state index >= 15 is 0 Å². The summed E-state index contributed by atoms with van der Waals surface area (Å²) in [6.45, 7) is -0.0234. The van der Waals surface area contributed by atoms with Crippen LogP contribution in [0.2, 0.25) is 5.02 Å². The van der Waals surface area contributed by atoms with Gasteiger partial charge in [-0.15, -0.1) is 0 Å². The molecule has 0 spiro atoms. The van der Waals surface area contributed by atoms with Crippen molar-refractivity contribution in [3.63, 3.8) is 0 Å². The molecule has 2 nitrogen and oxygen atoms in total. The van der Waals surface area contributed by atoms with E-state index in [-0.39, 0.29) is 19.0 Å². The summed E-state index contributed by atoms with van der Waals surface area (Å²) in [5, 5.41) is 9.24. The SMILES string of the molecule is OCC#Cc1ccc(F)c(OCc2cccc(Cl)c2)c1. The zero-order valence-electron chi connectivity index (χ0n) is 10.6. The van der Waals surface area contributed by atoms with Crippen molar-refractivity contribution in [3.05, 3.63) is 64.4 Å². The molecule has 0 atom stereocenters. The second-order valence-electron chi connectivity index (χ2n) is 4.02. The predicted octanol–water partition coefficient (Wildman–Crippen LogP) is 3.40. The number of ether oxygens (including phenoxy) is 1. The number of aliphatic hydroxyl groups is 1. The number of aliphatic hydroxyl groups excluding tert-OH is 1. The van der Waals surface area contributed by atoms with Gasteiger partial charge in [0, 0.05) is 10.6 Å². The van der Waals surface area contributed by atoms with Crippen molar-refractivity contribution in [1.29, 1.82) is 0 Å². The standard InChI is InChI=1S/C16H12ClFO2/c17-14-5-1-3-13(9-14)11-20-16-10-12(4-2-8-19)6-7-15(16)18/h1,3,5-7,9-10,19H,8,11H2. The molecule has 0 aliphatic rings. The van der Waals surface area contributed by atoms with Crippen LogP contribution in [0.4, 0.5) is 4.39 Å². The van der Waals surface area contributed by atoms with E-state index in [2.05, 4.69) is 11.8 Å². The number of rotatable bonds is 3. The topological polar surface area (TPSA) is 29.5 Å². The number of hydrogen-bond donors (Lipinski definition) is 1. The van der Waals surface area contributed by atoms with E-state index in [4.69, 9.17) is 21.4 Å². The predicted molar refractivity (Wildman–Crippen MR) is 76.1 cm³/mol. The Morgan fingerprint density at radius 1 is 1.20 bits per heavy atom. The van der Waals surface area contributed by atoms with E-state index in [1.54, 1.807) is 18.2 Å². The highest BCUT2D eigenvalue weighted by molar-refractivity contribution is 6.30. The molecule has 0 fully saturated rings. The molecule has 1 N–H and O–H groups in total. The fourth-order valence-electron chi connectivity index (χ4n) is 1.62. The minimum atomic E-state index is -0.457. The third kappa shape index (κ3) is 3.99. The van der Waals surface area contributed by atoms with Crippen LogP contribution in [0.3, 0.4) is 0 Å². The molecule has 0 heterocycles. The Bertz CT molecular complexity index is 659. The summed E-state index contributed by atoms with van der Waals surface area (Å²) in [4.78, 5) is 0. The van der Waals surface area contributed by atoms with Gasteiger partial charge >= 0.3 is 0 Å². The fourth-order valence-corrected chi connectivity index (χ4v) is 1.83. The molecule has 0 unspecified atom stereocenters. The lowest BCUT2D eigenvalue weighted by molar-refractivity contribution is 0.290. The van der Waals surface area contributed by atoms with E-state index in [0.717, 1.165) is 5.56 Å². The fraction of sp³-hybridized carbons (Fsp3) is 0.125. The molecule has 0 aromatic heterocycles. The van der Waals surface area contributed by atoms with Crippen LogP contribution in [0.15, 0.2) is 42.5 Å². The molecule has 2 aromatic rings. The van der Waals surface area contributed by atoms with Crippen molar-refractivity contribution in [1.82, 2.24) is 0 Å². The summed E-state index contributed by atoms with van der Waals surface area (Å²) in [6, 6.07) is 11.5. The molecular formula is C16H12ClFO2. The highest BCUT2D eigenvalue weighted by Crippen LogP contribution is 2.20. The van der Waals surface area contributed by atoms with Crippen molar-refractivity contribution < 1.29 is 14.2 Å². The van der Waals surface area contributed by atoms with Crippen LogP contribution >= 0.6 is 11.6 Å². The Morgan fingerprint density at radius 3 is 2.80 bits per heavy atom. The maximum Gasteiger partial charge on any atom is 0.165 e. The van der Waals surface area contributed by atoms with Gasteiger partial charge in [0.15, 0.2) is 11.6 Å². The third-order valence-electron chi connectivity index (χ3n) is 2.53. The molecule has 0 aliphatic carbocycles. The van der Waals surface area contributed by atoms with Crippen LogP contribution in [-0.2, 0) is 6.61 Å². The first-order chi connectivity index (χ1) is 9.69. The van der Waals surface area contributed by atoms with Gasteiger partial charge in [-0.25, -0.2) is 4.39 Å². The van der Waals surface area contributed by atoms with Crippen molar-refractivity contribution in [2.45, 2.75) is 6.61 Å². The zero-order chi connectivity index (χ0) is 14.4. The van der Waals surface area contributed by atoms with Gasteiger partial charge in [0.1, 0.15) is 13.2 Å². The highest BCUT2D eigenvalue weighted by atomic mass is 35.5. The Morgan fingerprint density at radius 2 is 2.05 bits per heavy atom. The lowest BCUT2D eigenvalue weighted by atomic mass is 10.2. The van der Waals surface area contributed by atoms with E-state index in [1.807, 2.05) is 6.07 Å². The smallest absolute Gasteiger partial charge is 0.165 e. The molecule has 0 saturated carbocycles. The molecule has 20 heavy (non-hydrogen) atoms. The van der Waals surface area contributed by atoms with Crippen LogP contribution in [-0.4, -0.2) is 11.7 Å². The molecule has 4 heteroatoms. The van der Waals surface area contributed by atoms with Crippen LogP contribution < -0.4 is 4.74 Å². The Labute approximate surface area is 121 Å². The summed E-state index contributed by atoms with van der Waals surface area (Å²) in [5.74, 6) is 4.87. The van der Waals surface area contributed by atoms with Crippen LogP contribution in [0.1, 0.15) is 11.1 Å². The summed E-state index contributed by atoms with van der Waals surface area (Å²) < 4.78 is 19.1. The van der Waals surface area contributed by atoms with E-state index in [0.29, 0.717) is 10.6 Å². The van der Waals surface area contributed by atoms with Crippen molar-refractivity contribution in [2.24, 2.45) is 0 Å². The normalized spacial score (nSPS) is 9.75. The number of hydrogen-bond acceptors (Lipinski definition) is 2. The molecule has 0 radical (unpaired) electrons. The number of halogens is 2. The first-order valence-corrected chi connectivity index (χ1v) is 6.33. The maximum absolute atomic E-state index is 13.6. The second kappa shape index (κ2) is 6.95. The van der Waals surface area contributed by atoms with Gasteiger partial charge in [0.05, 0.1) is 0 Å². The highest BCUT2D eigenvalue weighted by Gasteiger charge is 2.05. The second-order valence-corrected chi connectivity index (χ2v) is 4.46. The summed E-state index contributed by atoms with van der Waals surface area (Å²) in [6.07, 6.45) is 0. The van der Waals surface area contributed by atoms with Gasteiger partial charge in [0.25, 0.3) is 0 Å². The number of benzene rings is 2. The minimum Gasteiger partial charge on any atom is -0.486 e. The first-order valence-electron chi connectivity index (χ1n) is 5.95. The largest absolute Gasteiger partial charge is 0.486 e. The molecule has 0 aliphatic heterocycles. The average molecular weight is 291 g/mol. The molecule has 0 amide bonds. The monoisotopic (exact) mass is 290 g/mol. The third-order valence-corrected chi connectivity index (χ3v) is 2.76. The molecule has 2 aromatic carbocycles. The van der Waals surface area contributed by atoms with Gasteiger partial charge in [-0.1, -0.05) is 35.6 Å². The van der Waals surface area contributed by atoms with Crippen LogP contribution in [0.25, 0.3) is 0 Å². The minimum absolute atomic E-state index is 0.120. The van der Waals surface area contributed by atoms with Gasteiger partial charge in [-0.2, -0.15) is 0 Å². The van der Waals surface area contributed by atoms with E-state index in [9.17, 15) is 4.39 Å². The van der Waals surface area contributed by atoms with Crippen molar-refractivity contribution in [3.8, 4) is 17.6 Å². The van der Waals surface area contributed by atoms with Crippen LogP contribution in [0.5, 0.6) is 5.75 Å². The first kappa shape index (κ1) is 14.4. The van der Waals surface area contributed by atoms with Crippen molar-refractivity contribution in [2.75, 3.05) is 6.61 Å². The summed E-state index contributed by atoms with van der Waals surface area (Å²) in [5.41, 5.74) is 1.44. The van der Waals surface area contributed by atoms with Gasteiger partial charge in [-0.05, 0) is 35.9 Å². The quantitative estimate of drug-likeness (QED) is 0.878. The Kier molecular flexibility index (Phi) is 5.00. The van der Waals surface area contributed by atoms with Gasteiger partial charge < -0.3 is 9.84 Å². The zero-order valence-corrected chi connectivity index (χ0v) is 11.3. The average Bonchev–Trinajstić information content (AvgIpc) is 2.45. The Hall–Kier alpha value is -2.02. The van der Waals surface area contributed by atoms with E-state index in [1.165, 1.54) is 18.2 Å². The van der Waals surface area contributed by atoms with Crippen LogP contribution in [0, 0.1) is 17.7 Å². The molecular weight excluding hydrogens is 279 g/mol. The van der Waals surface area contributed by atoms with Crippen molar-refractivity contribution >= 4 is 11.6 Å². The summed E-state index contributed by atoms with van der Waals surface area (Å²) >= 11 is 5.87.